The number of nitrogens with zero attached hydrogens (tertiary/aromatic N) is 1. The summed E-state index contributed by atoms with van der Waals surface area (Å²) in [6, 6.07) is -0.921. The van der Waals surface area contributed by atoms with Gasteiger partial charge in [-0.15, -0.1) is 0 Å². The Hall–Kier alpha value is -3.62. The van der Waals surface area contributed by atoms with Gasteiger partial charge in [0.2, 0.25) is 5.91 Å². The fourth-order valence-electron chi connectivity index (χ4n) is 10.3. The van der Waals surface area contributed by atoms with E-state index in [1.807, 2.05) is 27.2 Å². The molecule has 1 amide bonds. The van der Waals surface area contributed by atoms with Crippen LogP contribution in [-0.4, -0.2) is 68.5 Å². The van der Waals surface area contributed by atoms with Crippen LogP contribution in [0.1, 0.15) is 309 Å². The Labute approximate surface area is 557 Å². The van der Waals surface area contributed by atoms with E-state index >= 15 is 0 Å². The molecular formula is C81H141N2O6P. The maximum atomic E-state index is 13.1. The minimum absolute atomic E-state index is 0.0148. The Kier molecular flexibility index (Phi) is 66.9. The molecule has 0 aromatic rings. The molecule has 0 aromatic carbocycles. The highest BCUT2D eigenvalue weighted by molar-refractivity contribution is 7.45. The van der Waals surface area contributed by atoms with Crippen molar-refractivity contribution in [1.82, 2.24) is 5.32 Å². The van der Waals surface area contributed by atoms with Crippen LogP contribution in [-0.2, 0) is 18.4 Å². The first-order chi connectivity index (χ1) is 44.0. The maximum absolute atomic E-state index is 13.1. The third kappa shape index (κ3) is 71.8. The highest BCUT2D eigenvalue weighted by atomic mass is 31.2. The number of aliphatic hydroxyl groups is 1. The Morgan fingerprint density at radius 1 is 0.400 bits per heavy atom. The third-order valence-electron chi connectivity index (χ3n) is 16.0. The molecule has 2 N–H and O–H groups in total. The fourth-order valence-corrected chi connectivity index (χ4v) is 11.0. The van der Waals surface area contributed by atoms with Crippen LogP contribution >= 0.6 is 7.82 Å². The number of hydrogen-bond donors (Lipinski definition) is 2. The first kappa shape index (κ1) is 86.4. The van der Waals surface area contributed by atoms with E-state index in [2.05, 4.69) is 153 Å². The van der Waals surface area contributed by atoms with Gasteiger partial charge in [-0.1, -0.05) is 339 Å². The number of aliphatic hydroxyl groups excluding tert-OH is 1. The number of unbranched alkanes of at least 4 members (excludes halogenated alkanes) is 32. The summed E-state index contributed by atoms with van der Waals surface area (Å²) in [5, 5.41) is 14.0. The van der Waals surface area contributed by atoms with E-state index in [1.54, 1.807) is 6.08 Å². The fraction of sp³-hybridized carbons (Fsp3) is 0.691. The van der Waals surface area contributed by atoms with E-state index in [-0.39, 0.29) is 12.5 Å². The van der Waals surface area contributed by atoms with Crippen molar-refractivity contribution >= 4 is 13.7 Å². The van der Waals surface area contributed by atoms with Crippen molar-refractivity contribution in [2.45, 2.75) is 321 Å². The van der Waals surface area contributed by atoms with Crippen molar-refractivity contribution in [3.8, 4) is 0 Å². The molecule has 0 bridgehead atoms. The number of rotatable bonds is 67. The molecule has 9 heteroatoms. The number of quaternary nitrogens is 1. The van der Waals surface area contributed by atoms with E-state index in [0.29, 0.717) is 17.4 Å². The van der Waals surface area contributed by atoms with Gasteiger partial charge in [0.05, 0.1) is 39.9 Å². The SMILES string of the molecule is CC/C=C\C/C=C\C/C=C\C/C=C\C/C=C\C/C=C\C/C=C\C/C=C\C/C=C\C/C=C\CCCCCCCCCCC(=O)NC(COP(=O)([O-])OCC[N+](C)(C)C)C(O)/C=C/CC/C=C/CCCCCCCCCCCCCCCCCCCCCCCCC. The number of amides is 1. The smallest absolute Gasteiger partial charge is 0.268 e. The molecule has 0 radical (unpaired) electrons. The first-order valence-electron chi connectivity index (χ1n) is 37.2. The standard InChI is InChI=1S/C81H141N2O6P/c1-6-8-10-12-14-16-18-20-22-24-26-28-30-32-34-36-37-38-39-40-41-42-43-44-45-47-49-51-53-55-57-59-61-63-65-67-69-71-73-75-81(85)82-79(78-89-90(86,87)88-77-76-83(3,4)5)80(84)74-72-70-68-66-64-62-60-58-56-54-52-50-48-46-35-33-31-29-27-25-23-21-19-17-15-13-11-9-7-2/h8,10,14,16,20,22,26,28,32,34,37-38,40-41,43-44,47,49,53,55,64,66,72,74,79-80,84H,6-7,9,11-13,15,17-19,21,23-25,27,29-31,33,35-36,39,42,45-46,48,50-52,54,56-63,65,67-71,73,75-78H2,1-5H3,(H-,82,85,86,87)/b10-8-,16-14-,22-20-,28-26-,34-32-,38-37-,41-40-,44-43-,49-47-,55-53-,66-64+,74-72+. The van der Waals surface area contributed by atoms with Gasteiger partial charge in [0.1, 0.15) is 13.2 Å². The minimum atomic E-state index is -4.63. The van der Waals surface area contributed by atoms with Gasteiger partial charge in [-0.25, -0.2) is 0 Å². The molecule has 0 fully saturated rings. The van der Waals surface area contributed by atoms with Crippen LogP contribution in [0.25, 0.3) is 0 Å². The molecule has 0 aromatic heterocycles. The number of phosphoric ester groups is 1. The highest BCUT2D eigenvalue weighted by Gasteiger charge is 2.23. The number of carbonyl (C=O) groups excluding carboxylic acids is 1. The zero-order valence-electron chi connectivity index (χ0n) is 59.0. The largest absolute Gasteiger partial charge is 0.756 e. The van der Waals surface area contributed by atoms with Gasteiger partial charge in [0, 0.05) is 6.42 Å². The van der Waals surface area contributed by atoms with E-state index in [0.717, 1.165) is 116 Å². The van der Waals surface area contributed by atoms with Crippen molar-refractivity contribution < 1.29 is 32.9 Å². The van der Waals surface area contributed by atoms with Gasteiger partial charge in [-0.2, -0.15) is 0 Å². The van der Waals surface area contributed by atoms with Gasteiger partial charge in [0.25, 0.3) is 7.82 Å². The van der Waals surface area contributed by atoms with E-state index < -0.39 is 26.6 Å². The summed E-state index contributed by atoms with van der Waals surface area (Å²) in [6.07, 6.45) is 107. The molecule has 0 aliphatic heterocycles. The van der Waals surface area contributed by atoms with Crippen LogP contribution in [0, 0.1) is 0 Å². The van der Waals surface area contributed by atoms with Gasteiger partial charge >= 0.3 is 0 Å². The monoisotopic (exact) mass is 1270 g/mol. The minimum Gasteiger partial charge on any atom is -0.756 e. The van der Waals surface area contributed by atoms with E-state index in [9.17, 15) is 19.4 Å². The van der Waals surface area contributed by atoms with Crippen molar-refractivity contribution in [3.63, 3.8) is 0 Å². The Balaban J connectivity index is 4.16. The summed E-state index contributed by atoms with van der Waals surface area (Å²) in [4.78, 5) is 25.7. The van der Waals surface area contributed by atoms with Gasteiger partial charge in [-0.05, 0) is 109 Å². The van der Waals surface area contributed by atoms with Crippen LogP contribution in [0.2, 0.25) is 0 Å². The zero-order chi connectivity index (χ0) is 65.5. The lowest BCUT2D eigenvalue weighted by Crippen LogP contribution is -2.45. The summed E-state index contributed by atoms with van der Waals surface area (Å²) < 4.78 is 23.5. The summed E-state index contributed by atoms with van der Waals surface area (Å²) in [5.41, 5.74) is 0. The zero-order valence-corrected chi connectivity index (χ0v) is 59.9. The number of likely N-dealkylation sites (N-methyl/N-ethyl adjacent to an activating group) is 1. The quantitative estimate of drug-likeness (QED) is 0.0272. The summed E-state index contributed by atoms with van der Waals surface area (Å²) in [7, 11) is 1.23. The van der Waals surface area contributed by atoms with E-state index in [4.69, 9.17) is 9.05 Å². The molecule has 90 heavy (non-hydrogen) atoms. The lowest BCUT2D eigenvalue weighted by molar-refractivity contribution is -0.870. The molecule has 3 unspecified atom stereocenters. The summed E-state index contributed by atoms with van der Waals surface area (Å²) in [6.45, 7) is 4.52. The predicted molar refractivity (Wildman–Crippen MR) is 394 cm³/mol. The molecule has 0 aliphatic rings. The molecule has 0 heterocycles. The lowest BCUT2D eigenvalue weighted by Gasteiger charge is -2.29. The molecular weight excluding hydrogens is 1130 g/mol. The third-order valence-corrected chi connectivity index (χ3v) is 17.0. The van der Waals surface area contributed by atoms with Crippen molar-refractivity contribution in [3.05, 3.63) is 146 Å². The summed E-state index contributed by atoms with van der Waals surface area (Å²) in [5.74, 6) is -0.219. The number of allylic oxidation sites excluding steroid dienone is 23. The molecule has 8 nitrogen and oxygen atoms in total. The number of hydrogen-bond acceptors (Lipinski definition) is 6. The van der Waals surface area contributed by atoms with E-state index in [1.165, 1.54) is 173 Å². The molecule has 3 atom stereocenters. The van der Waals surface area contributed by atoms with Crippen molar-refractivity contribution in [1.29, 1.82) is 0 Å². The highest BCUT2D eigenvalue weighted by Crippen LogP contribution is 2.38. The van der Waals surface area contributed by atoms with Crippen LogP contribution in [0.4, 0.5) is 0 Å². The predicted octanol–water partition coefficient (Wildman–Crippen LogP) is 23.7. The van der Waals surface area contributed by atoms with Crippen LogP contribution < -0.4 is 10.2 Å². The Bertz CT molecular complexity index is 1980. The van der Waals surface area contributed by atoms with Gasteiger partial charge in [-0.3, -0.25) is 9.36 Å². The lowest BCUT2D eigenvalue weighted by atomic mass is 10.0. The second-order valence-electron chi connectivity index (χ2n) is 25.9. The maximum Gasteiger partial charge on any atom is 0.268 e. The molecule has 0 saturated heterocycles. The van der Waals surface area contributed by atoms with Crippen molar-refractivity contribution in [2.75, 3.05) is 40.9 Å². The first-order valence-corrected chi connectivity index (χ1v) is 38.7. The van der Waals surface area contributed by atoms with Crippen LogP contribution in [0.5, 0.6) is 0 Å². The second-order valence-corrected chi connectivity index (χ2v) is 27.3. The molecule has 0 aliphatic carbocycles. The Morgan fingerprint density at radius 3 is 1.03 bits per heavy atom. The van der Waals surface area contributed by atoms with Gasteiger partial charge in [0.15, 0.2) is 0 Å². The number of nitrogens with one attached hydrogen (secondary N) is 1. The normalized spacial score (nSPS) is 14.4. The molecule has 0 saturated carbocycles. The average molecular weight is 1270 g/mol. The van der Waals surface area contributed by atoms with Crippen molar-refractivity contribution in [2.24, 2.45) is 0 Å². The topological polar surface area (TPSA) is 108 Å². The van der Waals surface area contributed by atoms with Gasteiger partial charge < -0.3 is 28.8 Å². The Morgan fingerprint density at radius 2 is 0.689 bits per heavy atom. The second kappa shape index (κ2) is 69.7. The molecule has 516 valence electrons. The average Bonchev–Trinajstić information content (AvgIpc) is 3.72. The van der Waals surface area contributed by atoms with Crippen LogP contribution in [0.15, 0.2) is 146 Å². The summed E-state index contributed by atoms with van der Waals surface area (Å²) >= 11 is 0. The molecule has 0 rings (SSSR count). The number of carbonyl (C=O) groups is 1. The van der Waals surface area contributed by atoms with Crippen LogP contribution in [0.3, 0.4) is 0 Å². The number of phosphoric acid groups is 1. The molecule has 0 spiro atoms.